The molecule has 0 aromatic heterocycles. The zero-order valence-corrected chi connectivity index (χ0v) is 24.1. The summed E-state index contributed by atoms with van der Waals surface area (Å²) in [5.74, 6) is -2.01. The van der Waals surface area contributed by atoms with E-state index in [0.717, 1.165) is 11.1 Å². The fraction of sp³-hybridized carbons (Fsp3) is 0.469. The molecule has 0 heterocycles. The van der Waals surface area contributed by atoms with E-state index in [0.29, 0.717) is 6.42 Å². The van der Waals surface area contributed by atoms with Crippen molar-refractivity contribution >= 4 is 17.8 Å². The van der Waals surface area contributed by atoms with E-state index in [2.05, 4.69) is 5.32 Å². The minimum atomic E-state index is -1.02. The number of hydrogen-bond acceptors (Lipinski definition) is 3. The zero-order chi connectivity index (χ0) is 28.6. The molecular formula is C32H44N2O4. The van der Waals surface area contributed by atoms with Crippen LogP contribution in [0.5, 0.6) is 0 Å². The standard InChI is InChI=1S/C32H44N2O4/c1-9-25(27(23-16-12-10-13-17-23)24-18-14-11-15-19-24)29(35)33-28(32(5,6)7)30(36)34(8)26(21(2)3)20-22(4)31(37)38/h10-21,25-28H,9H2,1-8H3,(H,33,35)(H,37,38)/b22-20+/t25-,26+,28+/m0/s1. The van der Waals surface area contributed by atoms with Crippen LogP contribution in [-0.4, -0.2) is 46.9 Å². The lowest BCUT2D eigenvalue weighted by Crippen LogP contribution is -2.57. The van der Waals surface area contributed by atoms with E-state index in [1.165, 1.54) is 6.92 Å². The number of nitrogens with zero attached hydrogens (tertiary/aromatic N) is 1. The number of aliphatic carboxylic acids is 1. The van der Waals surface area contributed by atoms with Gasteiger partial charge in [0.15, 0.2) is 0 Å². The van der Waals surface area contributed by atoms with Gasteiger partial charge >= 0.3 is 5.97 Å². The summed E-state index contributed by atoms with van der Waals surface area (Å²) in [4.78, 5) is 40.9. The number of carbonyl (C=O) groups is 3. The van der Waals surface area contributed by atoms with Gasteiger partial charge in [-0.2, -0.15) is 0 Å². The van der Waals surface area contributed by atoms with Gasteiger partial charge in [0.1, 0.15) is 6.04 Å². The Morgan fingerprint density at radius 2 is 1.42 bits per heavy atom. The molecule has 206 valence electrons. The smallest absolute Gasteiger partial charge is 0.331 e. The van der Waals surface area contributed by atoms with Crippen molar-refractivity contribution in [1.29, 1.82) is 0 Å². The number of carbonyl (C=O) groups excluding carboxylic acids is 2. The summed E-state index contributed by atoms with van der Waals surface area (Å²) in [5.41, 5.74) is 1.71. The zero-order valence-electron chi connectivity index (χ0n) is 24.1. The third-order valence-corrected chi connectivity index (χ3v) is 7.13. The van der Waals surface area contributed by atoms with Crippen molar-refractivity contribution in [2.45, 2.75) is 72.9 Å². The number of nitrogens with one attached hydrogen (secondary N) is 1. The third kappa shape index (κ3) is 7.80. The Kier molecular flexibility index (Phi) is 10.9. The summed E-state index contributed by atoms with van der Waals surface area (Å²) >= 11 is 0. The first-order chi connectivity index (χ1) is 17.8. The van der Waals surface area contributed by atoms with Crippen molar-refractivity contribution in [2.24, 2.45) is 17.3 Å². The van der Waals surface area contributed by atoms with Crippen molar-refractivity contribution < 1.29 is 19.5 Å². The fourth-order valence-corrected chi connectivity index (χ4v) is 4.88. The van der Waals surface area contributed by atoms with Gasteiger partial charge in [-0.3, -0.25) is 9.59 Å². The molecule has 0 radical (unpaired) electrons. The maximum atomic E-state index is 13.9. The first-order valence-corrected chi connectivity index (χ1v) is 13.4. The molecule has 2 aromatic carbocycles. The maximum Gasteiger partial charge on any atom is 0.331 e. The molecule has 0 saturated carbocycles. The SMILES string of the molecule is CC[C@H](C(=O)N[C@H](C(=O)N(C)[C@H](/C=C(\C)C(=O)O)C(C)C)C(C)(C)C)C(c1ccccc1)c1ccccc1. The lowest BCUT2D eigenvalue weighted by Gasteiger charge is -2.38. The minimum Gasteiger partial charge on any atom is -0.478 e. The van der Waals surface area contributed by atoms with Crippen LogP contribution in [0, 0.1) is 17.3 Å². The van der Waals surface area contributed by atoms with Gasteiger partial charge in [-0.05, 0) is 35.8 Å². The molecule has 0 bridgehead atoms. The normalized spacial score (nSPS) is 14.6. The molecule has 2 rings (SSSR count). The summed E-state index contributed by atoms with van der Waals surface area (Å²) in [6.07, 6.45) is 2.21. The van der Waals surface area contributed by atoms with Crippen molar-refractivity contribution in [3.8, 4) is 0 Å². The second-order valence-electron chi connectivity index (χ2n) is 11.5. The predicted molar refractivity (Wildman–Crippen MR) is 153 cm³/mol. The molecule has 2 aromatic rings. The molecule has 0 aliphatic heterocycles. The second kappa shape index (κ2) is 13.4. The summed E-state index contributed by atoms with van der Waals surface area (Å²) in [6.45, 7) is 13.2. The molecule has 38 heavy (non-hydrogen) atoms. The van der Waals surface area contributed by atoms with Gasteiger partial charge in [0.25, 0.3) is 0 Å². The summed E-state index contributed by atoms with van der Waals surface area (Å²) in [7, 11) is 1.68. The van der Waals surface area contributed by atoms with Gasteiger partial charge in [-0.1, -0.05) is 108 Å². The quantitative estimate of drug-likeness (QED) is 0.362. The molecule has 0 saturated heterocycles. The van der Waals surface area contributed by atoms with Crippen LogP contribution in [-0.2, 0) is 14.4 Å². The molecule has 0 aliphatic carbocycles. The molecule has 2 amide bonds. The number of benzene rings is 2. The lowest BCUT2D eigenvalue weighted by atomic mass is 9.78. The first-order valence-electron chi connectivity index (χ1n) is 13.4. The van der Waals surface area contributed by atoms with Gasteiger partial charge in [0, 0.05) is 24.5 Å². The number of rotatable bonds is 11. The number of carboxylic acid groups (broad SMARTS) is 1. The van der Waals surface area contributed by atoms with E-state index >= 15 is 0 Å². The highest BCUT2D eigenvalue weighted by molar-refractivity contribution is 5.90. The number of hydrogen-bond donors (Lipinski definition) is 2. The molecule has 0 unspecified atom stereocenters. The average Bonchev–Trinajstić information content (AvgIpc) is 2.87. The molecule has 6 nitrogen and oxygen atoms in total. The molecule has 0 fully saturated rings. The summed E-state index contributed by atoms with van der Waals surface area (Å²) in [6, 6.07) is 18.8. The minimum absolute atomic E-state index is 0.0153. The second-order valence-corrected chi connectivity index (χ2v) is 11.5. The van der Waals surface area contributed by atoms with Crippen LogP contribution in [0.15, 0.2) is 72.3 Å². The van der Waals surface area contributed by atoms with Gasteiger partial charge in [0.2, 0.25) is 11.8 Å². The van der Waals surface area contributed by atoms with Crippen LogP contribution in [0.3, 0.4) is 0 Å². The predicted octanol–water partition coefficient (Wildman–Crippen LogP) is 5.89. The Morgan fingerprint density at radius 1 is 0.947 bits per heavy atom. The van der Waals surface area contributed by atoms with Gasteiger partial charge in [-0.15, -0.1) is 0 Å². The molecule has 6 heteroatoms. The highest BCUT2D eigenvalue weighted by Crippen LogP contribution is 2.35. The lowest BCUT2D eigenvalue weighted by molar-refractivity contribution is -0.141. The number of amides is 2. The Morgan fingerprint density at radius 3 is 1.79 bits per heavy atom. The van der Waals surface area contributed by atoms with Crippen LogP contribution >= 0.6 is 0 Å². The molecule has 0 aliphatic rings. The van der Waals surface area contributed by atoms with E-state index in [4.69, 9.17) is 0 Å². The number of likely N-dealkylation sites (N-methyl/N-ethyl adjacent to an activating group) is 1. The summed E-state index contributed by atoms with van der Waals surface area (Å²) < 4.78 is 0. The molecule has 2 N–H and O–H groups in total. The van der Waals surface area contributed by atoms with Crippen molar-refractivity contribution in [2.75, 3.05) is 7.05 Å². The van der Waals surface area contributed by atoms with Crippen molar-refractivity contribution in [1.82, 2.24) is 10.2 Å². The van der Waals surface area contributed by atoms with Crippen LogP contribution in [0.1, 0.15) is 71.9 Å². The van der Waals surface area contributed by atoms with Crippen LogP contribution in [0.25, 0.3) is 0 Å². The maximum absolute atomic E-state index is 13.9. The van der Waals surface area contributed by atoms with E-state index in [1.54, 1.807) is 18.0 Å². The van der Waals surface area contributed by atoms with E-state index in [-0.39, 0.29) is 29.2 Å². The van der Waals surface area contributed by atoms with E-state index in [1.807, 2.05) is 102 Å². The average molecular weight is 521 g/mol. The Balaban J connectivity index is 2.44. The van der Waals surface area contributed by atoms with Gasteiger partial charge in [0.05, 0.1) is 6.04 Å². The van der Waals surface area contributed by atoms with E-state index < -0.39 is 29.4 Å². The Labute approximate surface area is 228 Å². The van der Waals surface area contributed by atoms with E-state index in [9.17, 15) is 19.5 Å². The van der Waals surface area contributed by atoms with Gasteiger partial charge < -0.3 is 15.3 Å². The number of carboxylic acids is 1. The van der Waals surface area contributed by atoms with Gasteiger partial charge in [-0.25, -0.2) is 4.79 Å². The Bertz CT molecular complexity index is 1060. The van der Waals surface area contributed by atoms with Crippen molar-refractivity contribution in [3.05, 3.63) is 83.4 Å². The van der Waals surface area contributed by atoms with Crippen LogP contribution < -0.4 is 5.32 Å². The third-order valence-electron chi connectivity index (χ3n) is 7.13. The molecule has 0 spiro atoms. The summed E-state index contributed by atoms with van der Waals surface area (Å²) in [5, 5.41) is 12.5. The molecular weight excluding hydrogens is 476 g/mol. The largest absolute Gasteiger partial charge is 0.478 e. The first kappa shape index (κ1) is 30.8. The topological polar surface area (TPSA) is 86.7 Å². The monoisotopic (exact) mass is 520 g/mol. The van der Waals surface area contributed by atoms with Crippen LogP contribution in [0.2, 0.25) is 0 Å². The molecule has 3 atom stereocenters. The highest BCUT2D eigenvalue weighted by Gasteiger charge is 2.39. The fourth-order valence-electron chi connectivity index (χ4n) is 4.88. The Hall–Kier alpha value is -3.41. The highest BCUT2D eigenvalue weighted by atomic mass is 16.4. The van der Waals surface area contributed by atoms with Crippen LogP contribution in [0.4, 0.5) is 0 Å². The van der Waals surface area contributed by atoms with Crippen molar-refractivity contribution in [3.63, 3.8) is 0 Å².